The van der Waals surface area contributed by atoms with Crippen molar-refractivity contribution in [3.8, 4) is 0 Å². The minimum atomic E-state index is -0.598. The lowest BCUT2D eigenvalue weighted by Crippen LogP contribution is -2.27. The fourth-order valence-corrected chi connectivity index (χ4v) is 2.48. The maximum Gasteiger partial charge on any atom is 0.137 e. The first-order valence-electron chi connectivity index (χ1n) is 7.45. The van der Waals surface area contributed by atoms with Crippen LogP contribution in [-0.2, 0) is 6.42 Å². The second-order valence-corrected chi connectivity index (χ2v) is 5.82. The van der Waals surface area contributed by atoms with Crippen molar-refractivity contribution in [2.75, 3.05) is 6.54 Å². The molecule has 2 N–H and O–H groups in total. The summed E-state index contributed by atoms with van der Waals surface area (Å²) in [7, 11) is 0. The molecule has 0 spiro atoms. The first kappa shape index (κ1) is 15.1. The molecular formula is C17H25NO2. The van der Waals surface area contributed by atoms with Crippen molar-refractivity contribution < 1.29 is 9.52 Å². The Labute approximate surface area is 121 Å². The number of hydrogen-bond acceptors (Lipinski definition) is 3. The van der Waals surface area contributed by atoms with E-state index in [0.29, 0.717) is 18.3 Å². The lowest BCUT2D eigenvalue weighted by atomic mass is 10.0. The number of hydrogen-bond donors (Lipinski definition) is 2. The van der Waals surface area contributed by atoms with E-state index in [-0.39, 0.29) is 0 Å². The van der Waals surface area contributed by atoms with Crippen LogP contribution in [0, 0.1) is 6.92 Å². The van der Waals surface area contributed by atoms with Gasteiger partial charge in [0.25, 0.3) is 0 Å². The van der Waals surface area contributed by atoms with Gasteiger partial charge in [-0.25, -0.2) is 0 Å². The van der Waals surface area contributed by atoms with Gasteiger partial charge in [-0.05, 0) is 36.6 Å². The van der Waals surface area contributed by atoms with E-state index in [4.69, 9.17) is 4.42 Å². The largest absolute Gasteiger partial charge is 0.458 e. The normalized spacial score (nSPS) is 13.3. The summed E-state index contributed by atoms with van der Waals surface area (Å²) < 4.78 is 5.91. The van der Waals surface area contributed by atoms with Gasteiger partial charge in [0, 0.05) is 18.0 Å². The molecule has 3 heteroatoms. The highest BCUT2D eigenvalue weighted by atomic mass is 16.4. The van der Waals surface area contributed by atoms with Crippen molar-refractivity contribution in [1.29, 1.82) is 0 Å². The second kappa shape index (κ2) is 6.42. The summed E-state index contributed by atoms with van der Waals surface area (Å²) in [4.78, 5) is 0. The molecule has 2 rings (SSSR count). The molecule has 0 saturated heterocycles. The van der Waals surface area contributed by atoms with Crippen LogP contribution in [0.3, 0.4) is 0 Å². The van der Waals surface area contributed by atoms with Gasteiger partial charge in [0.2, 0.25) is 0 Å². The smallest absolute Gasteiger partial charge is 0.137 e. The van der Waals surface area contributed by atoms with E-state index in [0.717, 1.165) is 23.8 Å². The molecule has 1 aromatic heterocycles. The molecule has 0 bridgehead atoms. The topological polar surface area (TPSA) is 45.4 Å². The van der Waals surface area contributed by atoms with Crippen molar-refractivity contribution >= 4 is 11.0 Å². The number of nitrogens with one attached hydrogen (secondary N) is 1. The summed E-state index contributed by atoms with van der Waals surface area (Å²) in [6, 6.07) is 6.61. The van der Waals surface area contributed by atoms with Gasteiger partial charge in [0.1, 0.15) is 17.4 Å². The molecule has 1 unspecified atom stereocenters. The molecule has 0 amide bonds. The molecule has 3 nitrogen and oxygen atoms in total. The molecule has 0 aliphatic rings. The van der Waals surface area contributed by atoms with Crippen molar-refractivity contribution in [2.24, 2.45) is 0 Å². The summed E-state index contributed by atoms with van der Waals surface area (Å²) in [5.74, 6) is 0.649. The van der Waals surface area contributed by atoms with Crippen molar-refractivity contribution in [3.63, 3.8) is 0 Å². The monoisotopic (exact) mass is 275 g/mol. The zero-order valence-corrected chi connectivity index (χ0v) is 12.9. The Morgan fingerprint density at radius 3 is 2.65 bits per heavy atom. The second-order valence-electron chi connectivity index (χ2n) is 5.82. The summed E-state index contributed by atoms with van der Waals surface area (Å²) in [5.41, 5.74) is 3.40. The lowest BCUT2D eigenvalue weighted by Gasteiger charge is -2.11. The lowest BCUT2D eigenvalue weighted by molar-refractivity contribution is 0.147. The SMILES string of the molecule is CCCc1cc(C)cc2cc(C(O)CNC(C)C)oc12. The molecular weight excluding hydrogens is 250 g/mol. The van der Waals surface area contributed by atoms with Gasteiger partial charge < -0.3 is 14.8 Å². The van der Waals surface area contributed by atoms with Gasteiger partial charge in [-0.15, -0.1) is 0 Å². The highest BCUT2D eigenvalue weighted by molar-refractivity contribution is 5.82. The quantitative estimate of drug-likeness (QED) is 0.844. The van der Waals surface area contributed by atoms with E-state index in [1.807, 2.05) is 6.07 Å². The van der Waals surface area contributed by atoms with E-state index in [1.54, 1.807) is 0 Å². The first-order valence-corrected chi connectivity index (χ1v) is 7.45. The van der Waals surface area contributed by atoms with Gasteiger partial charge >= 0.3 is 0 Å². The molecule has 0 fully saturated rings. The van der Waals surface area contributed by atoms with E-state index >= 15 is 0 Å². The van der Waals surface area contributed by atoms with Crippen LogP contribution >= 0.6 is 0 Å². The zero-order chi connectivity index (χ0) is 14.7. The Morgan fingerprint density at radius 2 is 2.00 bits per heavy atom. The van der Waals surface area contributed by atoms with Gasteiger partial charge in [0.15, 0.2) is 0 Å². The van der Waals surface area contributed by atoms with Gasteiger partial charge in [-0.2, -0.15) is 0 Å². The van der Waals surface area contributed by atoms with Crippen LogP contribution in [0.2, 0.25) is 0 Å². The Morgan fingerprint density at radius 1 is 1.25 bits per heavy atom. The van der Waals surface area contributed by atoms with Crippen LogP contribution in [0.4, 0.5) is 0 Å². The average Bonchev–Trinajstić information content (AvgIpc) is 2.80. The molecule has 0 aliphatic carbocycles. The molecule has 110 valence electrons. The van der Waals surface area contributed by atoms with E-state index in [9.17, 15) is 5.11 Å². The van der Waals surface area contributed by atoms with Gasteiger partial charge in [-0.3, -0.25) is 0 Å². The predicted octanol–water partition coefficient (Wildman–Crippen LogP) is 3.73. The minimum Gasteiger partial charge on any atom is -0.458 e. The Bertz CT molecular complexity index is 572. The average molecular weight is 275 g/mol. The number of aryl methyl sites for hydroxylation is 2. The van der Waals surface area contributed by atoms with Crippen LogP contribution in [0.1, 0.15) is 50.2 Å². The summed E-state index contributed by atoms with van der Waals surface area (Å²) in [5, 5.41) is 14.5. The summed E-state index contributed by atoms with van der Waals surface area (Å²) >= 11 is 0. The number of benzene rings is 1. The standard InChI is InChI=1S/C17H25NO2/c1-5-6-13-7-12(4)8-14-9-16(20-17(13)14)15(19)10-18-11(2)3/h7-9,11,15,18-19H,5-6,10H2,1-4H3. The molecule has 1 aromatic carbocycles. The van der Waals surface area contributed by atoms with E-state index in [2.05, 4.69) is 45.1 Å². The Kier molecular flexibility index (Phi) is 4.84. The Hall–Kier alpha value is -1.32. The van der Waals surface area contributed by atoms with E-state index in [1.165, 1.54) is 11.1 Å². The van der Waals surface area contributed by atoms with Crippen LogP contribution < -0.4 is 5.32 Å². The third-order valence-corrected chi connectivity index (χ3v) is 3.42. The third kappa shape index (κ3) is 3.41. The molecule has 0 saturated carbocycles. The van der Waals surface area contributed by atoms with Crippen molar-refractivity contribution in [2.45, 2.75) is 52.7 Å². The van der Waals surface area contributed by atoms with Crippen molar-refractivity contribution in [1.82, 2.24) is 5.32 Å². The Balaban J connectivity index is 2.30. The van der Waals surface area contributed by atoms with Crippen molar-refractivity contribution in [3.05, 3.63) is 35.1 Å². The number of aliphatic hydroxyl groups is 1. The zero-order valence-electron chi connectivity index (χ0n) is 12.9. The number of fused-ring (bicyclic) bond motifs is 1. The number of rotatable bonds is 6. The van der Waals surface area contributed by atoms with Crippen LogP contribution in [-0.4, -0.2) is 17.7 Å². The molecule has 20 heavy (non-hydrogen) atoms. The summed E-state index contributed by atoms with van der Waals surface area (Å²) in [6.07, 6.45) is 1.50. The number of furan rings is 1. The highest BCUT2D eigenvalue weighted by Crippen LogP contribution is 2.28. The van der Waals surface area contributed by atoms with E-state index < -0.39 is 6.10 Å². The molecule has 2 aromatic rings. The predicted molar refractivity (Wildman–Crippen MR) is 83.0 cm³/mol. The summed E-state index contributed by atoms with van der Waals surface area (Å²) in [6.45, 7) is 8.91. The molecule has 0 radical (unpaired) electrons. The van der Waals surface area contributed by atoms with Gasteiger partial charge in [-0.1, -0.05) is 33.3 Å². The third-order valence-electron chi connectivity index (χ3n) is 3.42. The first-order chi connectivity index (χ1) is 9.51. The van der Waals surface area contributed by atoms with Crippen LogP contribution in [0.5, 0.6) is 0 Å². The minimum absolute atomic E-state index is 0.354. The van der Waals surface area contributed by atoms with Crippen LogP contribution in [0.25, 0.3) is 11.0 Å². The van der Waals surface area contributed by atoms with Gasteiger partial charge in [0.05, 0.1) is 0 Å². The highest BCUT2D eigenvalue weighted by Gasteiger charge is 2.15. The molecule has 1 heterocycles. The maximum absolute atomic E-state index is 10.2. The number of aliphatic hydroxyl groups excluding tert-OH is 1. The fraction of sp³-hybridized carbons (Fsp3) is 0.529. The molecule has 0 aliphatic heterocycles. The maximum atomic E-state index is 10.2. The fourth-order valence-electron chi connectivity index (χ4n) is 2.48. The van der Waals surface area contributed by atoms with Crippen LogP contribution in [0.15, 0.2) is 22.6 Å². The molecule has 1 atom stereocenters.